The SMILES string of the molecule is CCc1[nH]c(C)c(-c2cc(-c3c(C)noc3C)cc3[nH]c(N)nc23)c1C. The number of nitrogens with one attached hydrogen (secondary N) is 2. The highest BCUT2D eigenvalue weighted by molar-refractivity contribution is 5.98. The summed E-state index contributed by atoms with van der Waals surface area (Å²) in [5.74, 6) is 1.22. The van der Waals surface area contributed by atoms with E-state index in [9.17, 15) is 0 Å². The van der Waals surface area contributed by atoms with Crippen LogP contribution in [0.15, 0.2) is 16.7 Å². The lowest BCUT2D eigenvalue weighted by Crippen LogP contribution is -1.89. The number of fused-ring (bicyclic) bond motifs is 1. The van der Waals surface area contributed by atoms with Gasteiger partial charge in [-0.3, -0.25) is 0 Å². The number of nitrogens with two attached hydrogens (primary N) is 1. The summed E-state index contributed by atoms with van der Waals surface area (Å²) in [6.07, 6.45) is 0.960. The minimum Gasteiger partial charge on any atom is -0.369 e. The Balaban J connectivity index is 2.07. The normalized spacial score (nSPS) is 11.6. The third kappa shape index (κ3) is 2.33. The van der Waals surface area contributed by atoms with Crippen LogP contribution in [0.3, 0.4) is 0 Å². The maximum atomic E-state index is 5.97. The molecule has 0 aliphatic carbocycles. The summed E-state index contributed by atoms with van der Waals surface area (Å²) >= 11 is 0. The first-order chi connectivity index (χ1) is 12.4. The van der Waals surface area contributed by atoms with Crippen molar-refractivity contribution in [1.82, 2.24) is 20.1 Å². The van der Waals surface area contributed by atoms with E-state index in [1.165, 1.54) is 16.8 Å². The molecule has 134 valence electrons. The fourth-order valence-corrected chi connectivity index (χ4v) is 3.94. The number of hydrogen-bond acceptors (Lipinski definition) is 4. The van der Waals surface area contributed by atoms with Crippen molar-refractivity contribution in [2.24, 2.45) is 0 Å². The monoisotopic (exact) mass is 349 g/mol. The molecular weight excluding hydrogens is 326 g/mol. The van der Waals surface area contributed by atoms with E-state index >= 15 is 0 Å². The molecule has 4 N–H and O–H groups in total. The van der Waals surface area contributed by atoms with E-state index in [2.05, 4.69) is 53.0 Å². The van der Waals surface area contributed by atoms with Crippen LogP contribution in [-0.2, 0) is 6.42 Å². The molecule has 3 heterocycles. The van der Waals surface area contributed by atoms with Gasteiger partial charge in [0.15, 0.2) is 5.95 Å². The van der Waals surface area contributed by atoms with Crippen LogP contribution in [0.25, 0.3) is 33.3 Å². The van der Waals surface area contributed by atoms with Crippen molar-refractivity contribution >= 4 is 17.0 Å². The minimum absolute atomic E-state index is 0.415. The summed E-state index contributed by atoms with van der Waals surface area (Å²) in [6.45, 7) is 10.3. The number of benzene rings is 1. The molecular formula is C20H23N5O. The van der Waals surface area contributed by atoms with Gasteiger partial charge in [0.1, 0.15) is 5.76 Å². The highest BCUT2D eigenvalue weighted by atomic mass is 16.5. The van der Waals surface area contributed by atoms with Crippen LogP contribution >= 0.6 is 0 Å². The highest BCUT2D eigenvalue weighted by Gasteiger charge is 2.20. The predicted molar refractivity (Wildman–Crippen MR) is 104 cm³/mol. The number of hydrogen-bond donors (Lipinski definition) is 3. The lowest BCUT2D eigenvalue weighted by atomic mass is 9.94. The van der Waals surface area contributed by atoms with Gasteiger partial charge >= 0.3 is 0 Å². The number of anilines is 1. The van der Waals surface area contributed by atoms with Gasteiger partial charge in [-0.1, -0.05) is 12.1 Å². The highest BCUT2D eigenvalue weighted by Crippen LogP contribution is 2.39. The molecule has 6 nitrogen and oxygen atoms in total. The van der Waals surface area contributed by atoms with E-state index < -0.39 is 0 Å². The smallest absolute Gasteiger partial charge is 0.198 e. The molecule has 0 radical (unpaired) electrons. The van der Waals surface area contributed by atoms with Crippen LogP contribution in [0.1, 0.15) is 35.3 Å². The summed E-state index contributed by atoms with van der Waals surface area (Å²) in [5.41, 5.74) is 16.6. The van der Waals surface area contributed by atoms with E-state index in [1.54, 1.807) is 0 Å². The number of H-pyrrole nitrogens is 2. The number of rotatable bonds is 3. The summed E-state index contributed by atoms with van der Waals surface area (Å²) in [4.78, 5) is 11.2. The molecule has 0 unspecified atom stereocenters. The van der Waals surface area contributed by atoms with Crippen molar-refractivity contribution in [3.05, 3.63) is 40.5 Å². The van der Waals surface area contributed by atoms with Crippen LogP contribution in [0.4, 0.5) is 5.95 Å². The Kier molecular flexibility index (Phi) is 3.64. The van der Waals surface area contributed by atoms with Gasteiger partial charge in [-0.05, 0) is 57.4 Å². The number of imidazole rings is 1. The van der Waals surface area contributed by atoms with Crippen molar-refractivity contribution < 1.29 is 4.52 Å². The first-order valence-corrected chi connectivity index (χ1v) is 8.81. The zero-order valence-electron chi connectivity index (χ0n) is 15.7. The van der Waals surface area contributed by atoms with Crippen molar-refractivity contribution in [2.75, 3.05) is 5.73 Å². The van der Waals surface area contributed by atoms with Gasteiger partial charge in [-0.15, -0.1) is 0 Å². The molecule has 1 aromatic carbocycles. The average molecular weight is 349 g/mol. The molecule has 0 amide bonds. The van der Waals surface area contributed by atoms with Gasteiger partial charge in [0.25, 0.3) is 0 Å². The van der Waals surface area contributed by atoms with Crippen molar-refractivity contribution in [3.63, 3.8) is 0 Å². The Morgan fingerprint density at radius 1 is 1.08 bits per heavy atom. The zero-order chi connectivity index (χ0) is 18.6. The summed E-state index contributed by atoms with van der Waals surface area (Å²) < 4.78 is 5.37. The molecule has 6 heteroatoms. The number of nitrogens with zero attached hydrogens (tertiary/aromatic N) is 2. The second-order valence-electron chi connectivity index (χ2n) is 6.82. The van der Waals surface area contributed by atoms with Crippen LogP contribution in [0.5, 0.6) is 0 Å². The Morgan fingerprint density at radius 2 is 1.85 bits per heavy atom. The first-order valence-electron chi connectivity index (χ1n) is 8.81. The number of nitrogen functional groups attached to an aromatic ring is 1. The van der Waals surface area contributed by atoms with E-state index in [0.29, 0.717) is 5.95 Å². The third-order valence-electron chi connectivity index (χ3n) is 5.09. The summed E-state index contributed by atoms with van der Waals surface area (Å²) in [6, 6.07) is 4.23. The number of aromatic amines is 2. The average Bonchev–Trinajstić information content (AvgIpc) is 3.22. The van der Waals surface area contributed by atoms with Crippen LogP contribution in [0.2, 0.25) is 0 Å². The third-order valence-corrected chi connectivity index (χ3v) is 5.09. The van der Waals surface area contributed by atoms with Gasteiger partial charge in [-0.2, -0.15) is 0 Å². The molecule has 0 aliphatic heterocycles. The van der Waals surface area contributed by atoms with Crippen LogP contribution in [0, 0.1) is 27.7 Å². The lowest BCUT2D eigenvalue weighted by Gasteiger charge is -2.09. The molecule has 0 spiro atoms. The van der Waals surface area contributed by atoms with Crippen LogP contribution in [-0.4, -0.2) is 20.1 Å². The Morgan fingerprint density at radius 3 is 2.46 bits per heavy atom. The molecule has 26 heavy (non-hydrogen) atoms. The Bertz CT molecular complexity index is 1110. The second-order valence-corrected chi connectivity index (χ2v) is 6.82. The van der Waals surface area contributed by atoms with Gasteiger partial charge in [0.2, 0.25) is 0 Å². The first kappa shape index (κ1) is 16.4. The fraction of sp³-hybridized carbons (Fsp3) is 0.300. The van der Waals surface area contributed by atoms with E-state index in [1.807, 2.05) is 13.8 Å². The molecule has 0 saturated heterocycles. The van der Waals surface area contributed by atoms with Crippen molar-refractivity contribution in [1.29, 1.82) is 0 Å². The summed E-state index contributed by atoms with van der Waals surface area (Å²) in [7, 11) is 0. The molecule has 0 atom stereocenters. The molecule has 0 aliphatic rings. The number of aryl methyl sites for hydroxylation is 4. The Labute approximate surface area is 151 Å². The standard InChI is InChI=1S/C20H23N5O/c1-6-15-9(2)17(10(3)22-15)14-7-13(18-11(4)25-26-12(18)5)8-16-19(14)24-20(21)23-16/h7-8,22H,6H2,1-5H3,(H3,21,23,24). The minimum atomic E-state index is 0.415. The molecule has 0 fully saturated rings. The maximum Gasteiger partial charge on any atom is 0.198 e. The van der Waals surface area contributed by atoms with Gasteiger partial charge < -0.3 is 20.2 Å². The van der Waals surface area contributed by atoms with E-state index in [-0.39, 0.29) is 0 Å². The quantitative estimate of drug-likeness (QED) is 0.504. The van der Waals surface area contributed by atoms with Crippen LogP contribution < -0.4 is 5.73 Å². The number of aromatic nitrogens is 4. The predicted octanol–water partition coefficient (Wildman–Crippen LogP) is 4.59. The molecule has 0 saturated carbocycles. The van der Waals surface area contributed by atoms with Crippen molar-refractivity contribution in [2.45, 2.75) is 41.0 Å². The molecule has 0 bridgehead atoms. The zero-order valence-corrected chi connectivity index (χ0v) is 15.7. The molecule has 4 rings (SSSR count). The second kappa shape index (κ2) is 5.76. The van der Waals surface area contributed by atoms with Gasteiger partial charge in [0, 0.05) is 28.1 Å². The Hall–Kier alpha value is -3.02. The molecule has 3 aromatic heterocycles. The van der Waals surface area contributed by atoms with Gasteiger partial charge in [0.05, 0.1) is 16.7 Å². The lowest BCUT2D eigenvalue weighted by molar-refractivity contribution is 0.393. The van der Waals surface area contributed by atoms with E-state index in [4.69, 9.17) is 10.3 Å². The topological polar surface area (TPSA) is 96.5 Å². The fourth-order valence-electron chi connectivity index (χ4n) is 3.94. The van der Waals surface area contributed by atoms with E-state index in [0.717, 1.165) is 51.3 Å². The van der Waals surface area contributed by atoms with Gasteiger partial charge in [-0.25, -0.2) is 4.98 Å². The van der Waals surface area contributed by atoms with Crippen molar-refractivity contribution in [3.8, 4) is 22.3 Å². The maximum absolute atomic E-state index is 5.97. The molecule has 4 aromatic rings. The largest absolute Gasteiger partial charge is 0.369 e. The summed E-state index contributed by atoms with van der Waals surface area (Å²) in [5, 5.41) is 4.10.